The third-order valence-corrected chi connectivity index (χ3v) is 6.02. The highest BCUT2D eigenvalue weighted by Gasteiger charge is 2.31. The molecule has 170 valence electrons. The number of carbonyl (C=O) groups is 2. The van der Waals surface area contributed by atoms with Crippen molar-refractivity contribution in [1.29, 1.82) is 0 Å². The van der Waals surface area contributed by atoms with Crippen LogP contribution in [0.4, 0.5) is 0 Å². The minimum atomic E-state index is -0.604. The summed E-state index contributed by atoms with van der Waals surface area (Å²) in [6.45, 7) is 4.65. The maximum absolute atomic E-state index is 12.8. The first-order chi connectivity index (χ1) is 16.1. The Labute approximate surface area is 194 Å². The molecule has 1 aromatic heterocycles. The molecule has 2 aromatic carbocycles. The van der Waals surface area contributed by atoms with Gasteiger partial charge in [-0.05, 0) is 59.4 Å². The minimum Gasteiger partial charge on any atom is -0.481 e. The molecule has 0 spiro atoms. The predicted molar refractivity (Wildman–Crippen MR) is 127 cm³/mol. The fourth-order valence-electron chi connectivity index (χ4n) is 4.29. The highest BCUT2D eigenvalue weighted by molar-refractivity contribution is 5.81. The van der Waals surface area contributed by atoms with Crippen LogP contribution < -0.4 is 10.1 Å². The SMILES string of the molecule is CCC(Oc1ccc2c(c1)C(c1ccccc1)N(C(C)=O)CC2)C(=O)NCc1ccncc1. The molecule has 1 N–H and O–H groups in total. The second-order valence-corrected chi connectivity index (χ2v) is 8.22. The van der Waals surface area contributed by atoms with Crippen LogP contribution in [-0.2, 0) is 22.6 Å². The van der Waals surface area contributed by atoms with E-state index in [0.29, 0.717) is 25.3 Å². The number of pyridine rings is 1. The van der Waals surface area contributed by atoms with Crippen LogP contribution in [-0.4, -0.2) is 34.3 Å². The molecule has 6 heteroatoms. The summed E-state index contributed by atoms with van der Waals surface area (Å²) in [7, 11) is 0. The Morgan fingerprint density at radius 3 is 2.58 bits per heavy atom. The summed E-state index contributed by atoms with van der Waals surface area (Å²) in [4.78, 5) is 31.1. The van der Waals surface area contributed by atoms with Gasteiger partial charge in [-0.15, -0.1) is 0 Å². The van der Waals surface area contributed by atoms with Crippen molar-refractivity contribution in [3.63, 3.8) is 0 Å². The van der Waals surface area contributed by atoms with Crippen LogP contribution in [0.2, 0.25) is 0 Å². The molecular formula is C27H29N3O3. The molecule has 2 atom stereocenters. The van der Waals surface area contributed by atoms with E-state index >= 15 is 0 Å². The molecule has 1 aliphatic rings. The van der Waals surface area contributed by atoms with Gasteiger partial charge in [0, 0.05) is 32.4 Å². The van der Waals surface area contributed by atoms with Crippen molar-refractivity contribution in [2.45, 2.75) is 45.4 Å². The molecular weight excluding hydrogens is 414 g/mol. The molecule has 0 radical (unpaired) electrons. The Morgan fingerprint density at radius 1 is 1.12 bits per heavy atom. The lowest BCUT2D eigenvalue weighted by Crippen LogP contribution is -2.39. The lowest BCUT2D eigenvalue weighted by atomic mass is 9.88. The molecule has 0 fully saturated rings. The summed E-state index contributed by atoms with van der Waals surface area (Å²) in [5, 5.41) is 2.94. The molecule has 3 aromatic rings. The Kier molecular flexibility index (Phi) is 7.03. The summed E-state index contributed by atoms with van der Waals surface area (Å²) < 4.78 is 6.13. The first-order valence-corrected chi connectivity index (χ1v) is 11.3. The van der Waals surface area contributed by atoms with Gasteiger partial charge >= 0.3 is 0 Å². The van der Waals surface area contributed by atoms with Gasteiger partial charge in [-0.2, -0.15) is 0 Å². The molecule has 6 nitrogen and oxygen atoms in total. The van der Waals surface area contributed by atoms with Crippen LogP contribution in [0, 0.1) is 0 Å². The molecule has 0 saturated heterocycles. The number of hydrogen-bond donors (Lipinski definition) is 1. The summed E-state index contributed by atoms with van der Waals surface area (Å²) in [6.07, 6.45) is 4.14. The van der Waals surface area contributed by atoms with Gasteiger partial charge in [-0.25, -0.2) is 0 Å². The topological polar surface area (TPSA) is 71.5 Å². The maximum atomic E-state index is 12.8. The molecule has 1 aliphatic heterocycles. The number of nitrogens with zero attached hydrogens (tertiary/aromatic N) is 2. The Hall–Kier alpha value is -3.67. The molecule has 0 bridgehead atoms. The first-order valence-electron chi connectivity index (χ1n) is 11.3. The minimum absolute atomic E-state index is 0.0442. The van der Waals surface area contributed by atoms with Gasteiger partial charge in [0.1, 0.15) is 5.75 Å². The monoisotopic (exact) mass is 443 g/mol. The third kappa shape index (κ3) is 5.22. The van der Waals surface area contributed by atoms with Crippen LogP contribution in [0.15, 0.2) is 73.1 Å². The lowest BCUT2D eigenvalue weighted by molar-refractivity contribution is -0.131. The fourth-order valence-corrected chi connectivity index (χ4v) is 4.29. The Morgan fingerprint density at radius 2 is 1.88 bits per heavy atom. The smallest absolute Gasteiger partial charge is 0.261 e. The lowest BCUT2D eigenvalue weighted by Gasteiger charge is -2.37. The average Bonchev–Trinajstić information content (AvgIpc) is 2.86. The number of ether oxygens (including phenoxy) is 1. The Balaban J connectivity index is 1.55. The molecule has 4 rings (SSSR count). The summed E-state index contributed by atoms with van der Waals surface area (Å²) >= 11 is 0. The summed E-state index contributed by atoms with van der Waals surface area (Å²) in [5.41, 5.74) is 4.29. The first kappa shape index (κ1) is 22.5. The molecule has 2 unspecified atom stereocenters. The van der Waals surface area contributed by atoms with E-state index in [1.54, 1.807) is 19.3 Å². The molecule has 0 aliphatic carbocycles. The van der Waals surface area contributed by atoms with E-state index in [9.17, 15) is 9.59 Å². The van der Waals surface area contributed by atoms with Crippen LogP contribution in [0.25, 0.3) is 0 Å². The summed E-state index contributed by atoms with van der Waals surface area (Å²) in [6, 6.07) is 19.6. The second kappa shape index (κ2) is 10.3. The van der Waals surface area contributed by atoms with Crippen molar-refractivity contribution in [2.24, 2.45) is 0 Å². The number of nitrogens with one attached hydrogen (secondary N) is 1. The van der Waals surface area contributed by atoms with E-state index in [2.05, 4.69) is 16.4 Å². The van der Waals surface area contributed by atoms with Crippen molar-refractivity contribution >= 4 is 11.8 Å². The van der Waals surface area contributed by atoms with Gasteiger partial charge in [0.2, 0.25) is 5.91 Å². The van der Waals surface area contributed by atoms with E-state index in [4.69, 9.17) is 4.74 Å². The number of hydrogen-bond acceptors (Lipinski definition) is 4. The Bertz CT molecular complexity index is 1100. The van der Waals surface area contributed by atoms with Crippen LogP contribution in [0.5, 0.6) is 5.75 Å². The van der Waals surface area contributed by atoms with Crippen molar-refractivity contribution in [3.8, 4) is 5.75 Å². The van der Waals surface area contributed by atoms with E-state index in [1.165, 1.54) is 5.56 Å². The maximum Gasteiger partial charge on any atom is 0.261 e. The van der Waals surface area contributed by atoms with E-state index in [1.807, 2.05) is 66.4 Å². The average molecular weight is 444 g/mol. The van der Waals surface area contributed by atoms with Gasteiger partial charge in [0.05, 0.1) is 6.04 Å². The number of carbonyl (C=O) groups excluding carboxylic acids is 2. The van der Waals surface area contributed by atoms with Gasteiger partial charge in [-0.3, -0.25) is 14.6 Å². The van der Waals surface area contributed by atoms with Crippen molar-refractivity contribution < 1.29 is 14.3 Å². The van der Waals surface area contributed by atoms with Crippen molar-refractivity contribution in [2.75, 3.05) is 6.54 Å². The standard InChI is InChI=1S/C27H29N3O3/c1-3-25(27(32)29-18-20-11-14-28-15-12-20)33-23-10-9-21-13-16-30(19(2)31)26(24(21)17-23)22-7-5-4-6-8-22/h4-12,14-15,17,25-26H,3,13,16,18H2,1-2H3,(H,29,32). The predicted octanol–water partition coefficient (Wildman–Crippen LogP) is 4.05. The van der Waals surface area contributed by atoms with Crippen LogP contribution in [0.3, 0.4) is 0 Å². The number of rotatable bonds is 7. The van der Waals surface area contributed by atoms with Gasteiger partial charge < -0.3 is 15.0 Å². The highest BCUT2D eigenvalue weighted by Crippen LogP contribution is 2.37. The molecule has 33 heavy (non-hydrogen) atoms. The van der Waals surface area contributed by atoms with E-state index in [-0.39, 0.29) is 17.9 Å². The van der Waals surface area contributed by atoms with E-state index in [0.717, 1.165) is 23.1 Å². The molecule has 0 saturated carbocycles. The zero-order chi connectivity index (χ0) is 23.2. The number of aromatic nitrogens is 1. The number of amides is 2. The van der Waals surface area contributed by atoms with Gasteiger partial charge in [0.15, 0.2) is 6.10 Å². The largest absolute Gasteiger partial charge is 0.481 e. The number of fused-ring (bicyclic) bond motifs is 1. The van der Waals surface area contributed by atoms with Gasteiger partial charge in [-0.1, -0.05) is 43.3 Å². The van der Waals surface area contributed by atoms with E-state index < -0.39 is 6.10 Å². The fraction of sp³-hybridized carbons (Fsp3) is 0.296. The van der Waals surface area contributed by atoms with Crippen molar-refractivity contribution in [1.82, 2.24) is 15.2 Å². The normalized spacial score (nSPS) is 15.9. The van der Waals surface area contributed by atoms with Crippen LogP contribution in [0.1, 0.15) is 48.6 Å². The quantitative estimate of drug-likeness (QED) is 0.598. The number of benzene rings is 2. The zero-order valence-corrected chi connectivity index (χ0v) is 19.0. The highest BCUT2D eigenvalue weighted by atomic mass is 16.5. The molecule has 2 heterocycles. The third-order valence-electron chi connectivity index (χ3n) is 6.02. The summed E-state index contributed by atoms with van der Waals surface area (Å²) in [5.74, 6) is 0.519. The van der Waals surface area contributed by atoms with Crippen LogP contribution >= 0.6 is 0 Å². The van der Waals surface area contributed by atoms with Gasteiger partial charge in [0.25, 0.3) is 5.91 Å². The molecule has 2 amide bonds. The zero-order valence-electron chi connectivity index (χ0n) is 19.0. The second-order valence-electron chi connectivity index (χ2n) is 8.22. The van der Waals surface area contributed by atoms with Crippen molar-refractivity contribution in [3.05, 3.63) is 95.3 Å².